The summed E-state index contributed by atoms with van der Waals surface area (Å²) < 4.78 is 0. The maximum Gasteiger partial charge on any atom is 0.270 e. The van der Waals surface area contributed by atoms with Crippen molar-refractivity contribution >= 4 is 23.0 Å². The first-order valence-corrected chi connectivity index (χ1v) is 8.29. The zero-order chi connectivity index (χ0) is 18.4. The van der Waals surface area contributed by atoms with Crippen LogP contribution in [-0.2, 0) is 6.54 Å². The number of pyridine rings is 2. The highest BCUT2D eigenvalue weighted by Gasteiger charge is 2.08. The smallest absolute Gasteiger partial charge is 0.270 e. The lowest BCUT2D eigenvalue weighted by Crippen LogP contribution is -2.23. The standard InChI is InChI=1S/C20H21N5O/c1-25(2)18-5-3-16(4-6-18)24-17-9-12-22-19(13-17)20(26)23-14-15-7-10-21-11-8-15/h3-13H,14H2,1-2H3,(H,22,24)(H,23,26). The second-order valence-corrected chi connectivity index (χ2v) is 6.03. The fraction of sp³-hybridized carbons (Fsp3) is 0.150. The molecule has 0 spiro atoms. The van der Waals surface area contributed by atoms with E-state index >= 15 is 0 Å². The summed E-state index contributed by atoms with van der Waals surface area (Å²) in [6.07, 6.45) is 5.02. The molecule has 1 amide bonds. The van der Waals surface area contributed by atoms with Crippen molar-refractivity contribution in [1.82, 2.24) is 15.3 Å². The third-order valence-electron chi connectivity index (χ3n) is 3.87. The summed E-state index contributed by atoms with van der Waals surface area (Å²) in [6.45, 7) is 0.437. The van der Waals surface area contributed by atoms with Gasteiger partial charge in [-0.3, -0.25) is 14.8 Å². The lowest BCUT2D eigenvalue weighted by molar-refractivity contribution is 0.0946. The van der Waals surface area contributed by atoms with E-state index in [2.05, 4.69) is 20.6 Å². The summed E-state index contributed by atoms with van der Waals surface area (Å²) in [5, 5.41) is 6.16. The molecule has 2 N–H and O–H groups in total. The Morgan fingerprint density at radius 3 is 2.38 bits per heavy atom. The molecule has 6 nitrogen and oxygen atoms in total. The SMILES string of the molecule is CN(C)c1ccc(Nc2ccnc(C(=O)NCc3ccncc3)c2)cc1. The third kappa shape index (κ3) is 4.57. The number of carbonyl (C=O) groups is 1. The van der Waals surface area contributed by atoms with Crippen LogP contribution in [0.1, 0.15) is 16.1 Å². The van der Waals surface area contributed by atoms with E-state index in [-0.39, 0.29) is 5.91 Å². The molecule has 0 atom stereocenters. The zero-order valence-corrected chi connectivity index (χ0v) is 14.8. The highest BCUT2D eigenvalue weighted by Crippen LogP contribution is 2.20. The van der Waals surface area contributed by atoms with E-state index in [0.29, 0.717) is 12.2 Å². The topological polar surface area (TPSA) is 70.2 Å². The average Bonchev–Trinajstić information content (AvgIpc) is 2.67. The predicted molar refractivity (Wildman–Crippen MR) is 104 cm³/mol. The number of aromatic nitrogens is 2. The van der Waals surface area contributed by atoms with Gasteiger partial charge in [0.05, 0.1) is 0 Å². The summed E-state index contributed by atoms with van der Waals surface area (Å²) in [4.78, 5) is 22.5. The van der Waals surface area contributed by atoms with Gasteiger partial charge >= 0.3 is 0 Å². The van der Waals surface area contributed by atoms with Crippen LogP contribution in [0.25, 0.3) is 0 Å². The maximum absolute atomic E-state index is 12.3. The molecule has 0 fully saturated rings. The van der Waals surface area contributed by atoms with Gasteiger partial charge in [0.25, 0.3) is 5.91 Å². The van der Waals surface area contributed by atoms with Gasteiger partial charge in [-0.15, -0.1) is 0 Å². The molecular weight excluding hydrogens is 326 g/mol. The van der Waals surface area contributed by atoms with Crippen LogP contribution >= 0.6 is 0 Å². The van der Waals surface area contributed by atoms with Gasteiger partial charge in [-0.05, 0) is 54.1 Å². The van der Waals surface area contributed by atoms with Gasteiger partial charge in [0, 0.05) is 56.3 Å². The number of hydrogen-bond acceptors (Lipinski definition) is 5. The average molecular weight is 347 g/mol. The Balaban J connectivity index is 1.64. The normalized spacial score (nSPS) is 10.2. The highest BCUT2D eigenvalue weighted by atomic mass is 16.1. The number of amides is 1. The number of anilines is 3. The van der Waals surface area contributed by atoms with Crippen LogP contribution in [0.5, 0.6) is 0 Å². The Kier molecular flexibility index (Phi) is 5.43. The molecule has 132 valence electrons. The van der Waals surface area contributed by atoms with Crippen molar-refractivity contribution in [3.8, 4) is 0 Å². The number of nitrogens with zero attached hydrogens (tertiary/aromatic N) is 3. The zero-order valence-electron chi connectivity index (χ0n) is 14.8. The van der Waals surface area contributed by atoms with Crippen LogP contribution in [0.15, 0.2) is 67.1 Å². The Hall–Kier alpha value is -3.41. The van der Waals surface area contributed by atoms with Crippen LogP contribution < -0.4 is 15.5 Å². The molecule has 0 saturated heterocycles. The number of hydrogen-bond donors (Lipinski definition) is 2. The molecule has 0 radical (unpaired) electrons. The van der Waals surface area contributed by atoms with E-state index in [9.17, 15) is 4.79 Å². The molecule has 0 bridgehead atoms. The monoisotopic (exact) mass is 347 g/mol. The van der Waals surface area contributed by atoms with Crippen molar-refractivity contribution in [2.75, 3.05) is 24.3 Å². The van der Waals surface area contributed by atoms with Crippen molar-refractivity contribution in [2.45, 2.75) is 6.54 Å². The molecule has 0 aliphatic carbocycles. The van der Waals surface area contributed by atoms with E-state index in [1.165, 1.54) is 0 Å². The fourth-order valence-electron chi connectivity index (χ4n) is 2.42. The summed E-state index contributed by atoms with van der Waals surface area (Å²) in [6, 6.07) is 15.4. The first-order valence-electron chi connectivity index (χ1n) is 8.29. The molecule has 2 heterocycles. The lowest BCUT2D eigenvalue weighted by Gasteiger charge is -2.13. The molecule has 2 aromatic heterocycles. The van der Waals surface area contributed by atoms with Gasteiger partial charge in [-0.1, -0.05) is 0 Å². The van der Waals surface area contributed by atoms with Gasteiger partial charge < -0.3 is 15.5 Å². The highest BCUT2D eigenvalue weighted by molar-refractivity contribution is 5.93. The van der Waals surface area contributed by atoms with Gasteiger partial charge in [0.2, 0.25) is 0 Å². The van der Waals surface area contributed by atoms with Gasteiger partial charge in [-0.2, -0.15) is 0 Å². The summed E-state index contributed by atoms with van der Waals surface area (Å²) in [5.41, 5.74) is 4.25. The van der Waals surface area contributed by atoms with E-state index in [1.54, 1.807) is 24.7 Å². The molecule has 0 unspecified atom stereocenters. The molecule has 0 aliphatic rings. The van der Waals surface area contributed by atoms with Crippen molar-refractivity contribution in [1.29, 1.82) is 0 Å². The Morgan fingerprint density at radius 1 is 0.962 bits per heavy atom. The molecule has 3 rings (SSSR count). The third-order valence-corrected chi connectivity index (χ3v) is 3.87. The Labute approximate surface area is 152 Å². The van der Waals surface area contributed by atoms with Crippen molar-refractivity contribution in [3.63, 3.8) is 0 Å². The summed E-state index contributed by atoms with van der Waals surface area (Å²) >= 11 is 0. The molecular formula is C20H21N5O. The first-order chi connectivity index (χ1) is 12.6. The molecule has 3 aromatic rings. The molecule has 0 saturated carbocycles. The second-order valence-electron chi connectivity index (χ2n) is 6.03. The van der Waals surface area contributed by atoms with E-state index in [4.69, 9.17) is 0 Å². The summed E-state index contributed by atoms with van der Waals surface area (Å²) in [7, 11) is 4.00. The number of nitrogens with one attached hydrogen (secondary N) is 2. The Morgan fingerprint density at radius 2 is 1.69 bits per heavy atom. The molecule has 0 aliphatic heterocycles. The van der Waals surface area contributed by atoms with Gasteiger partial charge in [-0.25, -0.2) is 0 Å². The molecule has 1 aromatic carbocycles. The number of carbonyl (C=O) groups excluding carboxylic acids is 1. The van der Waals surface area contributed by atoms with Gasteiger partial charge in [0.15, 0.2) is 0 Å². The van der Waals surface area contributed by atoms with Gasteiger partial charge in [0.1, 0.15) is 5.69 Å². The maximum atomic E-state index is 12.3. The van der Waals surface area contributed by atoms with E-state index < -0.39 is 0 Å². The Bertz CT molecular complexity index is 863. The quantitative estimate of drug-likeness (QED) is 0.716. The second kappa shape index (κ2) is 8.11. The predicted octanol–water partition coefficient (Wildman–Crippen LogP) is 3.22. The van der Waals surface area contributed by atoms with Crippen LogP contribution in [0.3, 0.4) is 0 Å². The molecule has 26 heavy (non-hydrogen) atoms. The minimum atomic E-state index is -0.214. The van der Waals surface area contributed by atoms with E-state index in [1.807, 2.05) is 61.5 Å². The van der Waals surface area contributed by atoms with Crippen LogP contribution in [0, 0.1) is 0 Å². The van der Waals surface area contributed by atoms with Crippen LogP contribution in [-0.4, -0.2) is 30.0 Å². The number of benzene rings is 1. The number of rotatable bonds is 6. The minimum absolute atomic E-state index is 0.214. The van der Waals surface area contributed by atoms with Crippen LogP contribution in [0.2, 0.25) is 0 Å². The largest absolute Gasteiger partial charge is 0.378 e. The summed E-state index contributed by atoms with van der Waals surface area (Å²) in [5.74, 6) is -0.214. The minimum Gasteiger partial charge on any atom is -0.378 e. The molecule has 6 heteroatoms. The van der Waals surface area contributed by atoms with Crippen molar-refractivity contribution in [2.24, 2.45) is 0 Å². The first kappa shape index (κ1) is 17.4. The van der Waals surface area contributed by atoms with Crippen molar-refractivity contribution in [3.05, 3.63) is 78.4 Å². The van der Waals surface area contributed by atoms with E-state index in [0.717, 1.165) is 22.6 Å². The van der Waals surface area contributed by atoms with Crippen LogP contribution in [0.4, 0.5) is 17.1 Å². The fourth-order valence-corrected chi connectivity index (χ4v) is 2.42. The van der Waals surface area contributed by atoms with Crippen molar-refractivity contribution < 1.29 is 4.79 Å². The lowest BCUT2D eigenvalue weighted by atomic mass is 10.2.